The second-order valence-corrected chi connectivity index (χ2v) is 3.17. The van der Waals surface area contributed by atoms with E-state index in [4.69, 9.17) is 10.2 Å². The maximum atomic E-state index is 8.94. The molecule has 0 saturated carbocycles. The van der Waals surface area contributed by atoms with Gasteiger partial charge in [0.2, 0.25) is 0 Å². The van der Waals surface area contributed by atoms with Gasteiger partial charge in [-0.25, -0.2) is 4.98 Å². The Morgan fingerprint density at radius 3 is 2.50 bits per heavy atom. The van der Waals surface area contributed by atoms with Crippen LogP contribution in [0.1, 0.15) is 12.6 Å². The molecule has 0 amide bonds. The van der Waals surface area contributed by atoms with E-state index in [1.807, 2.05) is 18.9 Å². The lowest BCUT2D eigenvalue weighted by atomic mass is 10.3. The number of aliphatic hydroxyl groups is 2. The Kier molecular flexibility index (Phi) is 3.79. The minimum atomic E-state index is -0.105. The van der Waals surface area contributed by atoms with E-state index in [1.54, 1.807) is 6.20 Å². The number of aromatic nitrogens is 2. The van der Waals surface area contributed by atoms with Crippen LogP contribution in [0.15, 0.2) is 12.4 Å². The van der Waals surface area contributed by atoms with Gasteiger partial charge in [0, 0.05) is 7.05 Å². The lowest BCUT2D eigenvalue weighted by Crippen LogP contribution is -2.32. The molecule has 1 heterocycles. The van der Waals surface area contributed by atoms with Crippen LogP contribution in [0, 0.1) is 0 Å². The summed E-state index contributed by atoms with van der Waals surface area (Å²) in [7, 11) is 1.84. The Morgan fingerprint density at radius 1 is 1.36 bits per heavy atom. The van der Waals surface area contributed by atoms with Crippen molar-refractivity contribution in [3.8, 4) is 0 Å². The van der Waals surface area contributed by atoms with Gasteiger partial charge in [0.15, 0.2) is 0 Å². The van der Waals surface area contributed by atoms with Crippen LogP contribution in [-0.2, 0) is 6.61 Å². The molecule has 1 rings (SSSR count). The number of rotatable bonds is 4. The van der Waals surface area contributed by atoms with Crippen molar-refractivity contribution in [3.05, 3.63) is 18.1 Å². The summed E-state index contributed by atoms with van der Waals surface area (Å²) in [6.07, 6.45) is 3.10. The zero-order chi connectivity index (χ0) is 10.6. The van der Waals surface area contributed by atoms with E-state index in [1.165, 1.54) is 6.20 Å². The van der Waals surface area contributed by atoms with E-state index in [0.29, 0.717) is 11.5 Å². The summed E-state index contributed by atoms with van der Waals surface area (Å²) in [6.45, 7) is 1.86. The Morgan fingerprint density at radius 2 is 2.07 bits per heavy atom. The fraction of sp³-hybridized carbons (Fsp3) is 0.556. The molecule has 78 valence electrons. The highest BCUT2D eigenvalue weighted by Crippen LogP contribution is 2.09. The van der Waals surface area contributed by atoms with E-state index >= 15 is 0 Å². The molecule has 0 aromatic carbocycles. The number of anilines is 1. The predicted octanol–water partition coefficient (Wildman–Crippen LogP) is -0.214. The third-order valence-corrected chi connectivity index (χ3v) is 2.14. The predicted molar refractivity (Wildman–Crippen MR) is 52.9 cm³/mol. The van der Waals surface area contributed by atoms with E-state index in [9.17, 15) is 0 Å². The zero-order valence-corrected chi connectivity index (χ0v) is 8.38. The molecule has 0 spiro atoms. The van der Waals surface area contributed by atoms with Crippen LogP contribution in [0.4, 0.5) is 5.82 Å². The van der Waals surface area contributed by atoms with Gasteiger partial charge in [-0.15, -0.1) is 0 Å². The molecule has 0 aliphatic carbocycles. The van der Waals surface area contributed by atoms with E-state index in [0.717, 1.165) is 0 Å². The van der Waals surface area contributed by atoms with Gasteiger partial charge < -0.3 is 15.1 Å². The molecule has 14 heavy (non-hydrogen) atoms. The average molecular weight is 197 g/mol. The van der Waals surface area contributed by atoms with E-state index in [2.05, 4.69) is 9.97 Å². The van der Waals surface area contributed by atoms with Crippen molar-refractivity contribution < 1.29 is 10.2 Å². The summed E-state index contributed by atoms with van der Waals surface area (Å²) in [6, 6.07) is 0.00396. The largest absolute Gasteiger partial charge is 0.394 e. The first-order chi connectivity index (χ1) is 6.69. The summed E-state index contributed by atoms with van der Waals surface area (Å²) in [5.41, 5.74) is 0.541. The molecule has 1 aromatic heterocycles. The molecule has 0 aliphatic heterocycles. The lowest BCUT2D eigenvalue weighted by molar-refractivity contribution is 0.269. The van der Waals surface area contributed by atoms with Crippen molar-refractivity contribution in [1.29, 1.82) is 0 Å². The standard InChI is InChI=1S/C9H15N3O2/c1-7(5-13)12(2)9-4-10-8(6-14)3-11-9/h3-4,7,13-14H,5-6H2,1-2H3. The summed E-state index contributed by atoms with van der Waals surface area (Å²) in [5, 5.41) is 17.7. The summed E-state index contributed by atoms with van der Waals surface area (Å²) >= 11 is 0. The van der Waals surface area contributed by atoms with Gasteiger partial charge in [-0.1, -0.05) is 0 Å². The van der Waals surface area contributed by atoms with Crippen molar-refractivity contribution in [3.63, 3.8) is 0 Å². The van der Waals surface area contributed by atoms with Crippen LogP contribution in [0.2, 0.25) is 0 Å². The highest BCUT2D eigenvalue weighted by molar-refractivity contribution is 5.35. The van der Waals surface area contributed by atoms with Crippen LogP contribution in [0.3, 0.4) is 0 Å². The monoisotopic (exact) mass is 197 g/mol. The molecular formula is C9H15N3O2. The Balaban J connectivity index is 2.75. The molecule has 0 saturated heterocycles. The van der Waals surface area contributed by atoms with Crippen molar-refractivity contribution >= 4 is 5.82 Å². The topological polar surface area (TPSA) is 69.5 Å². The molecule has 0 bridgehead atoms. The van der Waals surface area contributed by atoms with Crippen LogP contribution in [0.25, 0.3) is 0 Å². The van der Waals surface area contributed by atoms with Crippen molar-refractivity contribution in [2.75, 3.05) is 18.6 Å². The first-order valence-electron chi connectivity index (χ1n) is 4.44. The summed E-state index contributed by atoms with van der Waals surface area (Å²) < 4.78 is 0. The van der Waals surface area contributed by atoms with Gasteiger partial charge in [0.05, 0.1) is 37.3 Å². The van der Waals surface area contributed by atoms with Gasteiger partial charge in [-0.05, 0) is 6.92 Å². The smallest absolute Gasteiger partial charge is 0.147 e. The molecule has 1 aromatic rings. The lowest BCUT2D eigenvalue weighted by Gasteiger charge is -2.23. The Bertz CT molecular complexity index is 276. The first-order valence-corrected chi connectivity index (χ1v) is 4.44. The van der Waals surface area contributed by atoms with Crippen LogP contribution in [0.5, 0.6) is 0 Å². The molecule has 0 radical (unpaired) electrons. The summed E-state index contributed by atoms with van der Waals surface area (Å²) in [5.74, 6) is 0.684. The molecule has 5 nitrogen and oxygen atoms in total. The number of hydrogen-bond acceptors (Lipinski definition) is 5. The van der Waals surface area contributed by atoms with Crippen molar-refractivity contribution in [1.82, 2.24) is 9.97 Å². The summed E-state index contributed by atoms with van der Waals surface area (Å²) in [4.78, 5) is 9.94. The first kappa shape index (κ1) is 10.9. The number of nitrogens with zero attached hydrogens (tertiary/aromatic N) is 3. The number of hydrogen-bond donors (Lipinski definition) is 2. The van der Waals surface area contributed by atoms with Gasteiger partial charge in [0.1, 0.15) is 5.82 Å². The fourth-order valence-corrected chi connectivity index (χ4v) is 0.960. The van der Waals surface area contributed by atoms with Crippen LogP contribution in [-0.4, -0.2) is 39.9 Å². The molecule has 1 atom stereocenters. The second kappa shape index (κ2) is 4.88. The highest BCUT2D eigenvalue weighted by Gasteiger charge is 2.09. The van der Waals surface area contributed by atoms with Gasteiger partial charge in [-0.2, -0.15) is 0 Å². The maximum Gasteiger partial charge on any atom is 0.147 e. The van der Waals surface area contributed by atoms with Crippen molar-refractivity contribution in [2.45, 2.75) is 19.6 Å². The quantitative estimate of drug-likeness (QED) is 0.698. The third kappa shape index (κ3) is 2.40. The molecule has 2 N–H and O–H groups in total. The minimum Gasteiger partial charge on any atom is -0.394 e. The molecule has 0 aliphatic rings. The van der Waals surface area contributed by atoms with E-state index in [-0.39, 0.29) is 19.3 Å². The third-order valence-electron chi connectivity index (χ3n) is 2.14. The van der Waals surface area contributed by atoms with Gasteiger partial charge >= 0.3 is 0 Å². The highest BCUT2D eigenvalue weighted by atomic mass is 16.3. The van der Waals surface area contributed by atoms with Gasteiger partial charge in [0.25, 0.3) is 0 Å². The molecular weight excluding hydrogens is 182 g/mol. The SMILES string of the molecule is CC(CO)N(C)c1cnc(CO)cn1. The average Bonchev–Trinajstić information content (AvgIpc) is 2.27. The maximum absolute atomic E-state index is 8.94. The molecule has 0 fully saturated rings. The molecule has 1 unspecified atom stereocenters. The zero-order valence-electron chi connectivity index (χ0n) is 8.38. The van der Waals surface area contributed by atoms with Gasteiger partial charge in [-0.3, -0.25) is 4.98 Å². The minimum absolute atomic E-state index is 0.00396. The fourth-order valence-electron chi connectivity index (χ4n) is 0.960. The normalized spacial score (nSPS) is 12.6. The number of aliphatic hydroxyl groups excluding tert-OH is 2. The van der Waals surface area contributed by atoms with Crippen molar-refractivity contribution in [2.24, 2.45) is 0 Å². The van der Waals surface area contributed by atoms with Crippen LogP contribution >= 0.6 is 0 Å². The van der Waals surface area contributed by atoms with E-state index < -0.39 is 0 Å². The van der Waals surface area contributed by atoms with Crippen LogP contribution < -0.4 is 4.90 Å². The number of likely N-dealkylation sites (N-methyl/N-ethyl adjacent to an activating group) is 1. The second-order valence-electron chi connectivity index (χ2n) is 3.17. The Labute approximate surface area is 83.0 Å². The Hall–Kier alpha value is -1.20. The molecule has 5 heteroatoms.